The van der Waals surface area contributed by atoms with E-state index in [2.05, 4.69) is 42.3 Å². The lowest BCUT2D eigenvalue weighted by Gasteiger charge is -2.29. The Balaban J connectivity index is 1.51. The summed E-state index contributed by atoms with van der Waals surface area (Å²) in [6.45, 7) is 8.54. The van der Waals surface area contributed by atoms with Crippen molar-refractivity contribution in [2.24, 2.45) is 0 Å². The molecule has 0 saturated carbocycles. The van der Waals surface area contributed by atoms with Gasteiger partial charge in [0.1, 0.15) is 17.5 Å². The average Bonchev–Trinajstić information content (AvgIpc) is 2.81. The number of nitrogens with one attached hydrogen (secondary N) is 3. The van der Waals surface area contributed by atoms with Crippen molar-refractivity contribution in [2.75, 3.05) is 35.5 Å². The second kappa shape index (κ2) is 11.0. The minimum Gasteiger partial charge on any atom is -0.340 e. The van der Waals surface area contributed by atoms with Gasteiger partial charge in [0.25, 0.3) is 0 Å². The minimum atomic E-state index is -3.63. The van der Waals surface area contributed by atoms with E-state index in [-0.39, 0.29) is 17.7 Å². The third kappa shape index (κ3) is 6.69. The second-order valence-corrected chi connectivity index (χ2v) is 13.5. The van der Waals surface area contributed by atoms with Crippen LogP contribution in [0.5, 0.6) is 0 Å². The summed E-state index contributed by atoms with van der Waals surface area (Å²) in [4.78, 5) is 15.4. The molecule has 12 heteroatoms. The van der Waals surface area contributed by atoms with Crippen molar-refractivity contribution in [1.29, 1.82) is 0 Å². The van der Waals surface area contributed by atoms with Crippen LogP contribution in [-0.2, 0) is 10.0 Å². The van der Waals surface area contributed by atoms with E-state index >= 15 is 0 Å². The monoisotopic (exact) mass is 561 g/mol. The Labute approximate surface area is 228 Å². The predicted molar refractivity (Wildman–Crippen MR) is 151 cm³/mol. The maximum atomic E-state index is 14.9. The molecule has 0 atom stereocenters. The van der Waals surface area contributed by atoms with Gasteiger partial charge in [0.15, 0.2) is 0 Å². The van der Waals surface area contributed by atoms with E-state index in [1.807, 2.05) is 6.92 Å². The number of pyridine rings is 1. The molecule has 2 aromatic heterocycles. The van der Waals surface area contributed by atoms with Crippen molar-refractivity contribution < 1.29 is 12.8 Å². The summed E-state index contributed by atoms with van der Waals surface area (Å²) in [5.74, 6) is 0.863. The first-order valence-corrected chi connectivity index (χ1v) is 14.2. The Morgan fingerprint density at radius 1 is 1.03 bits per heavy atom. The standard InChI is InChI=1S/C26H33ClFN7O2S/c1-16-14-30-25(32-23-13-22(28)21(15-29-23)17-6-8-35(5)9-7-17)33-24(16)31-19-10-18(27)11-20(12-19)34-38(36,37)26(2,3)4/h10-15,17,34H,6-9H2,1-5H3,(H2,29,30,31,32,33). The van der Waals surface area contributed by atoms with Crippen LogP contribution in [-0.4, -0.2) is 53.2 Å². The number of rotatable bonds is 7. The number of sulfonamides is 1. The highest BCUT2D eigenvalue weighted by atomic mass is 35.5. The van der Waals surface area contributed by atoms with Crippen molar-refractivity contribution in [3.8, 4) is 0 Å². The molecule has 204 valence electrons. The fourth-order valence-corrected chi connectivity index (χ4v) is 5.01. The van der Waals surface area contributed by atoms with Gasteiger partial charge in [0.05, 0.1) is 10.4 Å². The van der Waals surface area contributed by atoms with Gasteiger partial charge in [0, 0.05) is 40.3 Å². The lowest BCUT2D eigenvalue weighted by molar-refractivity contribution is 0.253. The van der Waals surface area contributed by atoms with Crippen molar-refractivity contribution in [2.45, 2.75) is 51.2 Å². The van der Waals surface area contributed by atoms with Crippen LogP contribution in [0.3, 0.4) is 0 Å². The molecule has 1 saturated heterocycles. The molecule has 0 spiro atoms. The molecule has 9 nitrogen and oxygen atoms in total. The molecule has 0 unspecified atom stereocenters. The number of halogens is 2. The molecule has 4 rings (SSSR count). The summed E-state index contributed by atoms with van der Waals surface area (Å²) >= 11 is 6.26. The van der Waals surface area contributed by atoms with Gasteiger partial charge in [-0.3, -0.25) is 4.72 Å². The molecular formula is C26H33ClFN7O2S. The second-order valence-electron chi connectivity index (χ2n) is 10.6. The number of aryl methyl sites for hydroxylation is 1. The maximum Gasteiger partial charge on any atom is 0.237 e. The highest BCUT2D eigenvalue weighted by Gasteiger charge is 2.29. The van der Waals surface area contributed by atoms with Gasteiger partial charge in [-0.25, -0.2) is 22.8 Å². The predicted octanol–water partition coefficient (Wildman–Crippen LogP) is 5.81. The topological polar surface area (TPSA) is 112 Å². The summed E-state index contributed by atoms with van der Waals surface area (Å²) in [6, 6.07) is 6.19. The van der Waals surface area contributed by atoms with E-state index in [1.54, 1.807) is 45.3 Å². The highest BCUT2D eigenvalue weighted by Crippen LogP contribution is 2.31. The average molecular weight is 562 g/mol. The van der Waals surface area contributed by atoms with Gasteiger partial charge >= 0.3 is 0 Å². The summed E-state index contributed by atoms with van der Waals surface area (Å²) in [5.41, 5.74) is 2.23. The zero-order valence-corrected chi connectivity index (χ0v) is 23.7. The molecule has 1 fully saturated rings. The SMILES string of the molecule is Cc1cnc(Nc2cc(F)c(C3CCN(C)CC3)cn2)nc1Nc1cc(Cl)cc(NS(=O)(=O)C(C)(C)C)c1. The van der Waals surface area contributed by atoms with Gasteiger partial charge in [-0.1, -0.05) is 11.6 Å². The van der Waals surface area contributed by atoms with Crippen LogP contribution in [0.4, 0.5) is 33.3 Å². The lowest BCUT2D eigenvalue weighted by atomic mass is 9.90. The number of hydrogen-bond acceptors (Lipinski definition) is 8. The Bertz CT molecular complexity index is 1420. The van der Waals surface area contributed by atoms with Crippen molar-refractivity contribution >= 4 is 50.6 Å². The summed E-state index contributed by atoms with van der Waals surface area (Å²) in [7, 11) is -1.56. The first-order valence-electron chi connectivity index (χ1n) is 12.4. The number of benzene rings is 1. The molecule has 0 radical (unpaired) electrons. The third-order valence-electron chi connectivity index (χ3n) is 6.47. The van der Waals surface area contributed by atoms with E-state index < -0.39 is 14.8 Å². The Hall–Kier alpha value is -3.02. The normalized spacial score (nSPS) is 15.3. The van der Waals surface area contributed by atoms with Gasteiger partial charge < -0.3 is 15.5 Å². The fourth-order valence-electron chi connectivity index (χ4n) is 4.04. The number of piperidine rings is 1. The Morgan fingerprint density at radius 2 is 1.71 bits per heavy atom. The van der Waals surface area contributed by atoms with Gasteiger partial charge in [0.2, 0.25) is 16.0 Å². The lowest BCUT2D eigenvalue weighted by Crippen LogP contribution is -2.33. The molecular weight excluding hydrogens is 529 g/mol. The van der Waals surface area contributed by atoms with Crippen LogP contribution in [0.1, 0.15) is 50.7 Å². The number of nitrogens with zero attached hydrogens (tertiary/aromatic N) is 4. The van der Waals surface area contributed by atoms with Gasteiger partial charge in [-0.2, -0.15) is 4.98 Å². The quantitative estimate of drug-likeness (QED) is 0.331. The number of hydrogen-bond donors (Lipinski definition) is 3. The Morgan fingerprint density at radius 3 is 2.37 bits per heavy atom. The van der Waals surface area contributed by atoms with Crippen molar-refractivity contribution in [3.05, 3.63) is 58.6 Å². The molecule has 3 N–H and O–H groups in total. The molecule has 0 aliphatic carbocycles. The molecule has 1 aliphatic heterocycles. The van der Waals surface area contributed by atoms with Crippen LogP contribution >= 0.6 is 11.6 Å². The largest absolute Gasteiger partial charge is 0.340 e. The van der Waals surface area contributed by atoms with Crippen LogP contribution in [0.25, 0.3) is 0 Å². The molecule has 38 heavy (non-hydrogen) atoms. The van der Waals surface area contributed by atoms with Crippen LogP contribution < -0.4 is 15.4 Å². The zero-order valence-electron chi connectivity index (χ0n) is 22.1. The van der Waals surface area contributed by atoms with E-state index in [9.17, 15) is 12.8 Å². The Kier molecular flexibility index (Phi) is 8.10. The van der Waals surface area contributed by atoms with Crippen molar-refractivity contribution in [1.82, 2.24) is 19.9 Å². The van der Waals surface area contributed by atoms with Crippen LogP contribution in [0.2, 0.25) is 5.02 Å². The van der Waals surface area contributed by atoms with Crippen LogP contribution in [0, 0.1) is 12.7 Å². The molecule has 0 amide bonds. The summed E-state index contributed by atoms with van der Waals surface area (Å²) < 4.78 is 41.7. The molecule has 3 aromatic rings. The highest BCUT2D eigenvalue weighted by molar-refractivity contribution is 7.94. The van der Waals surface area contributed by atoms with E-state index in [0.29, 0.717) is 33.6 Å². The van der Waals surface area contributed by atoms with E-state index in [1.165, 1.54) is 12.1 Å². The summed E-state index contributed by atoms with van der Waals surface area (Å²) in [5, 5.41) is 6.47. The number of aromatic nitrogens is 3. The smallest absolute Gasteiger partial charge is 0.237 e. The van der Waals surface area contributed by atoms with Gasteiger partial charge in [-0.05, 0) is 84.8 Å². The van der Waals surface area contributed by atoms with Crippen LogP contribution in [0.15, 0.2) is 36.7 Å². The molecule has 1 aromatic carbocycles. The van der Waals surface area contributed by atoms with Crippen molar-refractivity contribution in [3.63, 3.8) is 0 Å². The first-order chi connectivity index (χ1) is 17.8. The third-order valence-corrected chi connectivity index (χ3v) is 8.81. The zero-order chi connectivity index (χ0) is 27.7. The maximum absolute atomic E-state index is 14.9. The fraction of sp³-hybridized carbons (Fsp3) is 0.423. The molecule has 3 heterocycles. The van der Waals surface area contributed by atoms with E-state index in [0.717, 1.165) is 31.5 Å². The number of likely N-dealkylation sites (tertiary alicyclic amines) is 1. The molecule has 1 aliphatic rings. The molecule has 0 bridgehead atoms. The van der Waals surface area contributed by atoms with Gasteiger partial charge in [-0.15, -0.1) is 0 Å². The summed E-state index contributed by atoms with van der Waals surface area (Å²) in [6.07, 6.45) is 5.02. The first kappa shape index (κ1) is 28.0. The van der Waals surface area contributed by atoms with E-state index in [4.69, 9.17) is 11.6 Å². The number of anilines is 5. The minimum absolute atomic E-state index is 0.162.